The number of rotatable bonds is 12. The van der Waals surface area contributed by atoms with Crippen LogP contribution in [-0.2, 0) is 47.7 Å². The average Bonchev–Trinajstić information content (AvgIpc) is 3.91. The van der Waals surface area contributed by atoms with E-state index in [-0.39, 0.29) is 65.2 Å². The van der Waals surface area contributed by atoms with Crippen molar-refractivity contribution in [1.29, 1.82) is 0 Å². The maximum absolute atomic E-state index is 16.0. The summed E-state index contributed by atoms with van der Waals surface area (Å²) in [7, 11) is 0. The fourth-order valence-corrected chi connectivity index (χ4v) is 18.8. The minimum Gasteiger partial charge on any atom is -0.465 e. The highest BCUT2D eigenvalue weighted by molar-refractivity contribution is 5.97. The number of ether oxygens (including phenoxy) is 4. The number of esters is 5. The zero-order chi connectivity index (χ0) is 45.4. The van der Waals surface area contributed by atoms with Gasteiger partial charge in [-0.2, -0.15) is 0 Å². The van der Waals surface area contributed by atoms with Crippen molar-refractivity contribution in [2.75, 3.05) is 6.61 Å². The highest BCUT2D eigenvalue weighted by atomic mass is 16.6. The molecule has 12 fully saturated rings. The van der Waals surface area contributed by atoms with Gasteiger partial charge in [-0.3, -0.25) is 28.8 Å². The summed E-state index contributed by atoms with van der Waals surface area (Å²) in [5, 5.41) is 0. The summed E-state index contributed by atoms with van der Waals surface area (Å²) in [5.41, 5.74) is -6.31. The third-order valence-electron chi connectivity index (χ3n) is 22.2. The van der Waals surface area contributed by atoms with Crippen molar-refractivity contribution < 1.29 is 47.7 Å². The van der Waals surface area contributed by atoms with Gasteiger partial charge in [0.1, 0.15) is 17.0 Å². The van der Waals surface area contributed by atoms with Crippen molar-refractivity contribution in [3.8, 4) is 0 Å². The first-order valence-corrected chi connectivity index (χ1v) is 25.2. The molecule has 12 unspecified atom stereocenters. The maximum atomic E-state index is 16.0. The molecule has 0 N–H and O–H groups in total. The molecular weight excluding hydrogens is 797 g/mol. The molecule has 0 spiro atoms. The lowest BCUT2D eigenvalue weighted by Crippen LogP contribution is -2.62. The van der Waals surface area contributed by atoms with Gasteiger partial charge in [-0.25, -0.2) is 0 Å². The first kappa shape index (κ1) is 44.1. The van der Waals surface area contributed by atoms with E-state index in [1.165, 1.54) is 6.42 Å². The lowest BCUT2D eigenvalue weighted by Gasteiger charge is -2.60. The molecule has 2 heterocycles. The molecule has 2 saturated heterocycles. The molecule has 348 valence electrons. The van der Waals surface area contributed by atoms with E-state index in [0.717, 1.165) is 51.4 Å². The minimum atomic E-state index is -1.39. The van der Waals surface area contributed by atoms with Gasteiger partial charge in [0.25, 0.3) is 0 Å². The average molecular weight is 873 g/mol. The van der Waals surface area contributed by atoms with Gasteiger partial charge in [-0.05, 0) is 174 Å². The third kappa shape index (κ3) is 6.17. The Kier molecular flexibility index (Phi) is 9.72. The molecule has 10 heteroatoms. The molecule has 63 heavy (non-hydrogen) atoms. The van der Waals surface area contributed by atoms with Gasteiger partial charge in [0.2, 0.25) is 0 Å². The summed E-state index contributed by atoms with van der Waals surface area (Å²) in [5.74, 6) is 0.0518. The number of carbonyl (C=O) groups is 6. The van der Waals surface area contributed by atoms with Crippen molar-refractivity contribution in [3.05, 3.63) is 0 Å². The van der Waals surface area contributed by atoms with Crippen LogP contribution in [0.2, 0.25) is 0 Å². The van der Waals surface area contributed by atoms with Crippen molar-refractivity contribution in [3.63, 3.8) is 0 Å². The number of carbonyl (C=O) groups excluding carboxylic acids is 6. The van der Waals surface area contributed by atoms with Crippen LogP contribution in [0.15, 0.2) is 0 Å². The molecule has 10 aliphatic carbocycles. The summed E-state index contributed by atoms with van der Waals surface area (Å²) >= 11 is 0. The van der Waals surface area contributed by atoms with Crippen LogP contribution in [-0.4, -0.2) is 53.4 Å². The van der Waals surface area contributed by atoms with E-state index < -0.39 is 62.6 Å². The highest BCUT2D eigenvalue weighted by Crippen LogP contribution is 2.69. The Labute approximate surface area is 375 Å². The highest BCUT2D eigenvalue weighted by Gasteiger charge is 2.69. The van der Waals surface area contributed by atoms with Gasteiger partial charge < -0.3 is 18.9 Å². The summed E-state index contributed by atoms with van der Waals surface area (Å²) in [4.78, 5) is 84.8. The number of hydrogen-bond donors (Lipinski definition) is 0. The van der Waals surface area contributed by atoms with Gasteiger partial charge in [-0.1, -0.05) is 55.4 Å². The van der Waals surface area contributed by atoms with Crippen molar-refractivity contribution in [2.45, 2.75) is 171 Å². The molecule has 0 aromatic carbocycles. The summed E-state index contributed by atoms with van der Waals surface area (Å²) < 4.78 is 25.1. The quantitative estimate of drug-likeness (QED) is 0.106. The molecule has 0 amide bonds. The predicted octanol–water partition coefficient (Wildman–Crippen LogP) is 9.33. The number of ketones is 1. The van der Waals surface area contributed by atoms with Gasteiger partial charge >= 0.3 is 29.8 Å². The first-order chi connectivity index (χ1) is 29.2. The Morgan fingerprint density at radius 1 is 0.651 bits per heavy atom. The molecule has 2 aliphatic heterocycles. The topological polar surface area (TPSA) is 139 Å². The maximum Gasteiger partial charge on any atom is 0.318 e. The monoisotopic (exact) mass is 873 g/mol. The minimum absolute atomic E-state index is 0.0423. The van der Waals surface area contributed by atoms with Crippen molar-refractivity contribution in [1.82, 2.24) is 0 Å². The summed E-state index contributed by atoms with van der Waals surface area (Å²) in [6.45, 7) is 23.3. The predicted molar refractivity (Wildman–Crippen MR) is 232 cm³/mol. The second-order valence-electron chi connectivity index (χ2n) is 26.6. The normalized spacial score (nSPS) is 46.4. The fourth-order valence-electron chi connectivity index (χ4n) is 18.8. The molecule has 0 radical (unpaired) electrons. The van der Waals surface area contributed by atoms with Crippen LogP contribution in [0, 0.1) is 116 Å². The molecule has 10 nitrogen and oxygen atoms in total. The van der Waals surface area contributed by atoms with Crippen LogP contribution in [0.4, 0.5) is 0 Å². The van der Waals surface area contributed by atoms with E-state index in [0.29, 0.717) is 67.2 Å². The van der Waals surface area contributed by atoms with E-state index in [1.807, 2.05) is 20.8 Å². The second-order valence-corrected chi connectivity index (χ2v) is 26.6. The largest absolute Gasteiger partial charge is 0.465 e. The smallest absolute Gasteiger partial charge is 0.318 e. The Bertz CT molecular complexity index is 1970. The number of hydrogen-bond acceptors (Lipinski definition) is 10. The third-order valence-corrected chi connectivity index (χ3v) is 22.2. The Morgan fingerprint density at radius 2 is 1.24 bits per heavy atom. The fraction of sp³-hybridized carbons (Fsp3) is 0.887. The molecule has 0 aromatic rings. The molecular formula is C53H76O10. The van der Waals surface area contributed by atoms with Gasteiger partial charge in [0.15, 0.2) is 0 Å². The molecule has 12 rings (SSSR count). The van der Waals surface area contributed by atoms with Gasteiger partial charge in [0.05, 0.1) is 35.2 Å². The SMILES string of the molecule is CC1C(=O)OC(=O)C1C(C)(C)C(C)(CC(C)(C)C(C)(CC(C)(C)C1C(C)C2CC1C1COC(=O)C21)C(=O)OC1(C)C2CC3CC(C2)CC1C3)C(=O)OC12CC3CC(C1)C(=O)C(C3)C2. The van der Waals surface area contributed by atoms with Gasteiger partial charge in [0, 0.05) is 17.8 Å². The molecule has 10 saturated carbocycles. The Hall–Kier alpha value is -2.78. The van der Waals surface area contributed by atoms with Crippen molar-refractivity contribution >= 4 is 35.6 Å². The van der Waals surface area contributed by atoms with E-state index >= 15 is 9.59 Å². The molecule has 10 bridgehead atoms. The summed E-state index contributed by atoms with van der Waals surface area (Å²) in [6.07, 6.45) is 10.8. The first-order valence-electron chi connectivity index (χ1n) is 25.2. The van der Waals surface area contributed by atoms with Gasteiger partial charge in [-0.15, -0.1) is 0 Å². The van der Waals surface area contributed by atoms with E-state index in [4.69, 9.17) is 18.9 Å². The van der Waals surface area contributed by atoms with E-state index in [2.05, 4.69) is 48.5 Å². The number of Topliss-reactive ketones (excluding diaryl/α,β-unsaturated/α-hetero) is 1. The molecule has 12 aliphatic rings. The van der Waals surface area contributed by atoms with Crippen LogP contribution >= 0.6 is 0 Å². The van der Waals surface area contributed by atoms with Crippen LogP contribution in [0.3, 0.4) is 0 Å². The van der Waals surface area contributed by atoms with Crippen LogP contribution in [0.25, 0.3) is 0 Å². The number of cyclic esters (lactones) is 3. The van der Waals surface area contributed by atoms with Crippen LogP contribution < -0.4 is 0 Å². The standard InChI is InChI=1S/C53H76O10/c1-26-35-19-36(37-23-60-43(56)38(35)37)39(26)47(3,4)24-50(9,45(58)62-52(11)33-15-28-12-29(17-33)18-34(52)16-28)48(5,6)25-51(10,49(7,8)40-27(2)42(55)61-44(40)57)46(59)63-53-20-30-13-31(21-53)41(54)32(14-30)22-53/h26-40H,12-25H2,1-11H3. The Balaban J connectivity index is 1.03. The van der Waals surface area contributed by atoms with Crippen molar-refractivity contribution in [2.24, 2.45) is 116 Å². The van der Waals surface area contributed by atoms with E-state index in [9.17, 15) is 19.2 Å². The lowest BCUT2D eigenvalue weighted by molar-refractivity contribution is -0.225. The van der Waals surface area contributed by atoms with Crippen LogP contribution in [0.5, 0.6) is 0 Å². The molecule has 12 atom stereocenters. The zero-order valence-electron chi connectivity index (χ0n) is 40.1. The second kappa shape index (κ2) is 13.9. The van der Waals surface area contributed by atoms with Crippen LogP contribution in [0.1, 0.15) is 160 Å². The van der Waals surface area contributed by atoms with E-state index in [1.54, 1.807) is 6.92 Å². The summed E-state index contributed by atoms with van der Waals surface area (Å²) in [6, 6.07) is 0. The molecule has 0 aromatic heterocycles. The number of fused-ring (bicyclic) bond motifs is 5. The lowest BCUT2D eigenvalue weighted by atomic mass is 9.47. The Morgan fingerprint density at radius 3 is 1.81 bits per heavy atom. The zero-order valence-corrected chi connectivity index (χ0v) is 40.1.